The zero-order valence-electron chi connectivity index (χ0n) is 11.8. The van der Waals surface area contributed by atoms with E-state index in [1.54, 1.807) is 0 Å². The zero-order chi connectivity index (χ0) is 14.6. The maximum atomic E-state index is 13.8. The standard InChI is InChI=1S/C14H21BrF2N2/c1-9(2)13(8-19(3)4)18-7-10-12(16)6-5-11(15)14(10)17/h5-6,9,13,18H,7-8H2,1-4H3. The van der Waals surface area contributed by atoms with E-state index in [1.165, 1.54) is 12.1 Å². The van der Waals surface area contributed by atoms with E-state index in [4.69, 9.17) is 0 Å². The molecule has 108 valence electrons. The lowest BCUT2D eigenvalue weighted by Gasteiger charge is -2.26. The van der Waals surface area contributed by atoms with Crippen LogP contribution in [0.5, 0.6) is 0 Å². The first kappa shape index (κ1) is 16.5. The highest BCUT2D eigenvalue weighted by Gasteiger charge is 2.17. The number of rotatable bonds is 6. The first-order valence-corrected chi connectivity index (χ1v) is 7.12. The molecule has 0 radical (unpaired) electrons. The van der Waals surface area contributed by atoms with Gasteiger partial charge in [-0.1, -0.05) is 13.8 Å². The predicted octanol–water partition coefficient (Wildman–Crippen LogP) is 3.40. The molecule has 0 heterocycles. The van der Waals surface area contributed by atoms with E-state index in [1.807, 2.05) is 14.1 Å². The Morgan fingerprint density at radius 3 is 2.42 bits per heavy atom. The van der Waals surface area contributed by atoms with Crippen molar-refractivity contribution in [3.8, 4) is 0 Å². The SMILES string of the molecule is CC(C)C(CN(C)C)NCc1c(F)ccc(Br)c1F. The minimum Gasteiger partial charge on any atom is -0.308 e. The Morgan fingerprint density at radius 1 is 1.26 bits per heavy atom. The summed E-state index contributed by atoms with van der Waals surface area (Å²) in [7, 11) is 3.97. The van der Waals surface area contributed by atoms with Gasteiger partial charge in [0.15, 0.2) is 0 Å². The molecule has 1 unspecified atom stereocenters. The maximum Gasteiger partial charge on any atom is 0.144 e. The van der Waals surface area contributed by atoms with Crippen LogP contribution >= 0.6 is 15.9 Å². The number of benzene rings is 1. The highest BCUT2D eigenvalue weighted by atomic mass is 79.9. The molecule has 1 aromatic carbocycles. The van der Waals surface area contributed by atoms with Crippen LogP contribution in [0, 0.1) is 17.6 Å². The molecule has 1 rings (SSSR count). The van der Waals surface area contributed by atoms with Gasteiger partial charge in [0.1, 0.15) is 11.6 Å². The van der Waals surface area contributed by atoms with Gasteiger partial charge in [0, 0.05) is 24.7 Å². The molecular weight excluding hydrogens is 314 g/mol. The average molecular weight is 335 g/mol. The fourth-order valence-corrected chi connectivity index (χ4v) is 2.24. The van der Waals surface area contributed by atoms with Crippen molar-refractivity contribution in [1.29, 1.82) is 0 Å². The van der Waals surface area contributed by atoms with Crippen molar-refractivity contribution in [2.75, 3.05) is 20.6 Å². The fraction of sp³-hybridized carbons (Fsp3) is 0.571. The van der Waals surface area contributed by atoms with Crippen LogP contribution in [0.15, 0.2) is 16.6 Å². The molecule has 0 aliphatic heterocycles. The van der Waals surface area contributed by atoms with E-state index in [9.17, 15) is 8.78 Å². The van der Waals surface area contributed by atoms with E-state index in [0.717, 1.165) is 6.54 Å². The van der Waals surface area contributed by atoms with E-state index < -0.39 is 11.6 Å². The van der Waals surface area contributed by atoms with E-state index in [2.05, 4.69) is 40.0 Å². The topological polar surface area (TPSA) is 15.3 Å². The van der Waals surface area contributed by atoms with Gasteiger partial charge in [0.25, 0.3) is 0 Å². The second kappa shape index (κ2) is 7.31. The summed E-state index contributed by atoms with van der Waals surface area (Å²) in [5.41, 5.74) is 0.0822. The molecule has 2 nitrogen and oxygen atoms in total. The van der Waals surface area contributed by atoms with Crippen molar-refractivity contribution in [2.24, 2.45) is 5.92 Å². The lowest BCUT2D eigenvalue weighted by atomic mass is 10.0. The zero-order valence-corrected chi connectivity index (χ0v) is 13.4. The summed E-state index contributed by atoms with van der Waals surface area (Å²) in [6.45, 7) is 5.20. The largest absolute Gasteiger partial charge is 0.308 e. The van der Waals surface area contributed by atoms with Crippen molar-refractivity contribution >= 4 is 15.9 Å². The monoisotopic (exact) mass is 334 g/mol. The molecule has 1 atom stereocenters. The lowest BCUT2D eigenvalue weighted by molar-refractivity contribution is 0.286. The van der Waals surface area contributed by atoms with Crippen LogP contribution < -0.4 is 5.32 Å². The van der Waals surface area contributed by atoms with Gasteiger partial charge in [-0.25, -0.2) is 8.78 Å². The Balaban J connectivity index is 2.77. The molecule has 5 heteroatoms. The molecule has 0 amide bonds. The Labute approximate surface area is 122 Å². The minimum absolute atomic E-state index is 0.0822. The molecule has 0 aromatic heterocycles. The van der Waals surface area contributed by atoms with Crippen molar-refractivity contribution in [2.45, 2.75) is 26.4 Å². The minimum atomic E-state index is -0.528. The lowest BCUT2D eigenvalue weighted by Crippen LogP contribution is -2.41. The van der Waals surface area contributed by atoms with Gasteiger partial charge < -0.3 is 10.2 Å². The smallest absolute Gasteiger partial charge is 0.144 e. The molecule has 19 heavy (non-hydrogen) atoms. The number of halogens is 3. The van der Waals surface area contributed by atoms with Crippen molar-refractivity contribution in [1.82, 2.24) is 10.2 Å². The number of nitrogens with one attached hydrogen (secondary N) is 1. The highest BCUT2D eigenvalue weighted by molar-refractivity contribution is 9.10. The summed E-state index contributed by atoms with van der Waals surface area (Å²) in [6.07, 6.45) is 0. The molecule has 0 bridgehead atoms. The third kappa shape index (κ3) is 4.82. The number of hydrogen-bond donors (Lipinski definition) is 1. The average Bonchev–Trinajstić information content (AvgIpc) is 2.32. The number of likely N-dealkylation sites (N-methyl/N-ethyl adjacent to an activating group) is 1. The summed E-state index contributed by atoms with van der Waals surface area (Å²) >= 11 is 3.08. The molecule has 0 saturated carbocycles. The van der Waals surface area contributed by atoms with E-state index >= 15 is 0 Å². The fourth-order valence-electron chi connectivity index (χ4n) is 1.87. The van der Waals surface area contributed by atoms with Crippen molar-refractivity contribution in [3.05, 3.63) is 33.8 Å². The van der Waals surface area contributed by atoms with Crippen LogP contribution in [-0.4, -0.2) is 31.6 Å². The quantitative estimate of drug-likeness (QED) is 0.802. The molecule has 0 aliphatic rings. The van der Waals surface area contributed by atoms with Gasteiger partial charge in [-0.2, -0.15) is 0 Å². The maximum absolute atomic E-state index is 13.8. The second-order valence-electron chi connectivity index (χ2n) is 5.32. The number of hydrogen-bond acceptors (Lipinski definition) is 2. The molecule has 1 aromatic rings. The van der Waals surface area contributed by atoms with E-state index in [0.29, 0.717) is 10.4 Å². The molecule has 0 aliphatic carbocycles. The molecule has 0 fully saturated rings. The number of nitrogens with zero attached hydrogens (tertiary/aromatic N) is 1. The van der Waals surface area contributed by atoms with Crippen molar-refractivity contribution in [3.63, 3.8) is 0 Å². The van der Waals surface area contributed by atoms with Gasteiger partial charge in [-0.05, 0) is 48.1 Å². The first-order chi connectivity index (χ1) is 8.82. The van der Waals surface area contributed by atoms with Gasteiger partial charge in [0.2, 0.25) is 0 Å². The summed E-state index contributed by atoms with van der Waals surface area (Å²) in [5, 5.41) is 3.23. The van der Waals surface area contributed by atoms with Crippen LogP contribution in [0.25, 0.3) is 0 Å². The second-order valence-corrected chi connectivity index (χ2v) is 6.17. The molecule has 1 N–H and O–H groups in total. The van der Waals surface area contributed by atoms with Gasteiger partial charge in [-0.3, -0.25) is 0 Å². The van der Waals surface area contributed by atoms with Crippen LogP contribution in [0.4, 0.5) is 8.78 Å². The van der Waals surface area contributed by atoms with Gasteiger partial charge in [0.05, 0.1) is 4.47 Å². The van der Waals surface area contributed by atoms with Crippen LogP contribution in [0.1, 0.15) is 19.4 Å². The van der Waals surface area contributed by atoms with Gasteiger partial charge in [-0.15, -0.1) is 0 Å². The van der Waals surface area contributed by atoms with Crippen LogP contribution in [0.3, 0.4) is 0 Å². The predicted molar refractivity (Wildman–Crippen MR) is 78.1 cm³/mol. The summed E-state index contributed by atoms with van der Waals surface area (Å²) < 4.78 is 27.8. The third-order valence-corrected chi connectivity index (χ3v) is 3.66. The Kier molecular flexibility index (Phi) is 6.36. The Bertz CT molecular complexity index is 422. The Hall–Kier alpha value is -0.520. The molecular formula is C14H21BrF2N2. The normalized spacial score (nSPS) is 13.3. The summed E-state index contributed by atoms with van der Waals surface area (Å²) in [6, 6.07) is 2.85. The van der Waals surface area contributed by atoms with Crippen LogP contribution in [0.2, 0.25) is 0 Å². The summed E-state index contributed by atoms with van der Waals surface area (Å²) in [5.74, 6) is -0.652. The molecule has 0 spiro atoms. The highest BCUT2D eigenvalue weighted by Crippen LogP contribution is 2.21. The van der Waals surface area contributed by atoms with Gasteiger partial charge >= 0.3 is 0 Å². The van der Waals surface area contributed by atoms with E-state index in [-0.39, 0.29) is 18.2 Å². The molecule has 0 saturated heterocycles. The van der Waals surface area contributed by atoms with Crippen molar-refractivity contribution < 1.29 is 8.78 Å². The van der Waals surface area contributed by atoms with Crippen LogP contribution in [-0.2, 0) is 6.54 Å². The summed E-state index contributed by atoms with van der Waals surface area (Å²) in [4.78, 5) is 2.06. The first-order valence-electron chi connectivity index (χ1n) is 6.33. The Morgan fingerprint density at radius 2 is 1.89 bits per heavy atom. The third-order valence-electron chi connectivity index (χ3n) is 3.05.